The van der Waals surface area contributed by atoms with E-state index in [1.807, 2.05) is 42.5 Å². The second kappa shape index (κ2) is 35.2. The highest BCUT2D eigenvalue weighted by Gasteiger charge is 2.20. The summed E-state index contributed by atoms with van der Waals surface area (Å²) < 4.78 is 5.22. The molecule has 0 spiro atoms. The minimum absolute atomic E-state index is 0.0628. The summed E-state index contributed by atoms with van der Waals surface area (Å²) in [5.74, 6) is 0.893. The molecule has 0 aromatic heterocycles. The summed E-state index contributed by atoms with van der Waals surface area (Å²) in [7, 11) is -0.129. The van der Waals surface area contributed by atoms with Crippen molar-refractivity contribution < 1.29 is 9.53 Å². The van der Waals surface area contributed by atoms with Gasteiger partial charge in [-0.3, -0.25) is 4.79 Å². The highest BCUT2D eigenvalue weighted by Crippen LogP contribution is 2.36. The van der Waals surface area contributed by atoms with Gasteiger partial charge in [0.15, 0.2) is 0 Å². The number of anilines is 1. The summed E-state index contributed by atoms with van der Waals surface area (Å²) in [6.07, 6.45) is 0.480. The molecule has 0 saturated heterocycles. The average molecular weight is 1290 g/mol. The molecule has 0 atom stereocenters. The van der Waals surface area contributed by atoms with Crippen LogP contribution in [0.1, 0.15) is 5.56 Å². The van der Waals surface area contributed by atoms with E-state index in [9.17, 15) is 4.79 Å². The van der Waals surface area contributed by atoms with Gasteiger partial charge in [-0.15, -0.1) is 0 Å². The number of fused-ring (bicyclic) bond motifs is 1. The van der Waals surface area contributed by atoms with Gasteiger partial charge in [0, 0.05) is 5.69 Å². The SMILES string of the molecule is COc1cccc(-c2ccc3c(c2)NC(=O)C3)c1.c1ccc(P(c2ccccc2)c2ccccc2)cc1.c1ccc(P(c2ccccc2)c2ccccc2)cc1.c1ccc(P(c2ccccc2)c2ccccc2)cc1.c1ccc(P(c2ccccc2)c2ccccc2)cc1. The fourth-order valence-corrected chi connectivity index (χ4v) is 20.1. The first-order valence-electron chi connectivity index (χ1n) is 31.4. The van der Waals surface area contributed by atoms with E-state index >= 15 is 0 Å². The molecule has 0 fully saturated rings. The fraction of sp³-hybridized carbons (Fsp3) is 0.0230. The van der Waals surface area contributed by atoms with Gasteiger partial charge in [-0.2, -0.15) is 0 Å². The third-order valence-electron chi connectivity index (χ3n) is 15.3. The molecule has 0 radical (unpaired) electrons. The summed E-state index contributed by atoms with van der Waals surface area (Å²) in [5, 5.41) is 19.6. The zero-order valence-corrected chi connectivity index (χ0v) is 56.1. The first-order chi connectivity index (χ1) is 46.6. The van der Waals surface area contributed by atoms with Gasteiger partial charge in [-0.05, 0) is 130 Å². The lowest BCUT2D eigenvalue weighted by molar-refractivity contribution is -0.115. The summed E-state index contributed by atoms with van der Waals surface area (Å²) in [6, 6.07) is 143. The van der Waals surface area contributed by atoms with Gasteiger partial charge < -0.3 is 10.1 Å². The smallest absolute Gasteiger partial charge is 0.228 e. The lowest BCUT2D eigenvalue weighted by atomic mass is 10.0. The van der Waals surface area contributed by atoms with Crippen LogP contribution in [0.5, 0.6) is 5.75 Å². The predicted octanol–water partition coefficient (Wildman–Crippen LogP) is 16.6. The number of carbonyl (C=O) groups is 1. The number of benzene rings is 14. The quantitative estimate of drug-likeness (QED) is 0.110. The van der Waals surface area contributed by atoms with Crippen molar-refractivity contribution in [2.75, 3.05) is 12.4 Å². The van der Waals surface area contributed by atoms with Crippen molar-refractivity contribution in [2.24, 2.45) is 0 Å². The maximum Gasteiger partial charge on any atom is 0.228 e. The van der Waals surface area contributed by atoms with Crippen LogP contribution in [0.3, 0.4) is 0 Å². The lowest BCUT2D eigenvalue weighted by Gasteiger charge is -2.18. The molecule has 1 heterocycles. The second-order valence-electron chi connectivity index (χ2n) is 21.7. The van der Waals surface area contributed by atoms with Gasteiger partial charge in [0.05, 0.1) is 13.5 Å². The van der Waals surface area contributed by atoms with Gasteiger partial charge in [-0.25, -0.2) is 0 Å². The molecule has 1 aliphatic heterocycles. The lowest BCUT2D eigenvalue weighted by Crippen LogP contribution is -2.20. The van der Waals surface area contributed by atoms with Gasteiger partial charge in [-0.1, -0.05) is 388 Å². The fourth-order valence-electron chi connectivity index (χ4n) is 10.9. The predicted molar refractivity (Wildman–Crippen MR) is 411 cm³/mol. The number of rotatable bonds is 14. The van der Waals surface area contributed by atoms with Crippen molar-refractivity contribution in [3.8, 4) is 16.9 Å². The first kappa shape index (κ1) is 65.6. The van der Waals surface area contributed by atoms with Crippen LogP contribution in [0, 0.1) is 0 Å². The highest BCUT2D eigenvalue weighted by atomic mass is 31.1. The van der Waals surface area contributed by atoms with Crippen LogP contribution in [0.4, 0.5) is 5.69 Å². The van der Waals surface area contributed by atoms with Crippen molar-refractivity contribution in [3.05, 3.63) is 412 Å². The molecule has 0 bridgehead atoms. The number of carbonyl (C=O) groups excluding carboxylic acids is 1. The molecule has 14 aromatic carbocycles. The van der Waals surface area contributed by atoms with Crippen molar-refractivity contribution in [3.63, 3.8) is 0 Å². The van der Waals surface area contributed by atoms with Crippen LogP contribution in [-0.2, 0) is 11.2 Å². The third-order valence-corrected chi connectivity index (χ3v) is 25.1. The Morgan fingerprint density at radius 3 is 0.670 bits per heavy atom. The Kier molecular flexibility index (Phi) is 24.6. The first-order valence-corrected chi connectivity index (χ1v) is 36.8. The number of ether oxygens (including phenoxy) is 1. The molecule has 94 heavy (non-hydrogen) atoms. The average Bonchev–Trinajstić information content (AvgIpc) is 1.27. The largest absolute Gasteiger partial charge is 0.497 e. The maximum atomic E-state index is 11.3. The molecule has 15 rings (SSSR count). The summed E-state index contributed by atoms with van der Waals surface area (Å²) in [5.41, 5.74) is 4.14. The van der Waals surface area contributed by atoms with Crippen LogP contribution in [0.25, 0.3) is 11.1 Å². The molecule has 458 valence electrons. The van der Waals surface area contributed by atoms with Crippen LogP contribution in [0.15, 0.2) is 406 Å². The highest BCUT2D eigenvalue weighted by molar-refractivity contribution is 7.81. The molecule has 0 saturated carbocycles. The molecular formula is C87H73NO2P4. The number of amides is 1. The van der Waals surface area contributed by atoms with Gasteiger partial charge >= 0.3 is 0 Å². The molecule has 1 N–H and O–H groups in total. The minimum Gasteiger partial charge on any atom is -0.497 e. The Bertz CT molecular complexity index is 3610. The molecular weight excluding hydrogens is 1210 g/mol. The minimum atomic E-state index is -0.446. The Morgan fingerprint density at radius 1 is 0.245 bits per heavy atom. The van der Waals surface area contributed by atoms with E-state index in [1.165, 1.54) is 63.7 Å². The summed E-state index contributed by atoms with van der Waals surface area (Å²) in [6.45, 7) is 0. The Morgan fingerprint density at radius 2 is 0.457 bits per heavy atom. The van der Waals surface area contributed by atoms with E-state index in [2.05, 4.69) is 369 Å². The molecule has 0 unspecified atom stereocenters. The molecule has 1 aliphatic rings. The summed E-state index contributed by atoms with van der Waals surface area (Å²) >= 11 is 0. The van der Waals surface area contributed by atoms with E-state index in [-0.39, 0.29) is 5.91 Å². The van der Waals surface area contributed by atoms with Crippen molar-refractivity contribution in [1.82, 2.24) is 0 Å². The van der Waals surface area contributed by atoms with E-state index in [0.29, 0.717) is 6.42 Å². The number of nitrogens with one attached hydrogen (secondary N) is 1. The second-order valence-corrected chi connectivity index (χ2v) is 30.6. The zero-order valence-electron chi connectivity index (χ0n) is 52.5. The Hall–Kier alpha value is -9.93. The van der Waals surface area contributed by atoms with E-state index in [4.69, 9.17) is 4.74 Å². The van der Waals surface area contributed by atoms with Gasteiger partial charge in [0.1, 0.15) is 5.75 Å². The van der Waals surface area contributed by atoms with Crippen LogP contribution < -0.4 is 73.7 Å². The molecule has 0 aliphatic carbocycles. The monoisotopic (exact) mass is 1290 g/mol. The Balaban J connectivity index is 0.000000120. The number of methoxy groups -OCH3 is 1. The number of hydrogen-bond donors (Lipinski definition) is 1. The van der Waals surface area contributed by atoms with Gasteiger partial charge in [0.2, 0.25) is 5.91 Å². The van der Waals surface area contributed by atoms with Crippen LogP contribution >= 0.6 is 31.7 Å². The molecule has 3 nitrogen and oxygen atoms in total. The maximum absolute atomic E-state index is 11.3. The van der Waals surface area contributed by atoms with Gasteiger partial charge in [0.25, 0.3) is 0 Å². The standard InChI is InChI=1S/4C18H15P.C15H13NO2/c4*1-4-10-16(11-5-1)19(17-12-6-2-7-13-17)18-14-8-3-9-15-18;1-18-13-4-2-3-10(7-13)11-5-6-12-9-15(17)16-14(12)8-11/h4*1-15H;2-8H,9H2,1H3,(H,16,17). The zero-order chi connectivity index (χ0) is 64.2. The Labute approximate surface area is 560 Å². The van der Waals surface area contributed by atoms with Crippen LogP contribution in [0.2, 0.25) is 0 Å². The summed E-state index contributed by atoms with van der Waals surface area (Å²) in [4.78, 5) is 11.3. The molecule has 14 aromatic rings. The normalized spacial score (nSPS) is 11.1. The van der Waals surface area contributed by atoms with Crippen molar-refractivity contribution >= 4 is 107 Å². The van der Waals surface area contributed by atoms with E-state index < -0.39 is 31.7 Å². The third kappa shape index (κ3) is 18.4. The van der Waals surface area contributed by atoms with E-state index in [1.54, 1.807) is 7.11 Å². The number of hydrogen-bond acceptors (Lipinski definition) is 2. The molecule has 7 heteroatoms. The van der Waals surface area contributed by atoms with E-state index in [0.717, 1.165) is 28.1 Å². The topological polar surface area (TPSA) is 38.3 Å². The molecule has 1 amide bonds. The van der Waals surface area contributed by atoms with Crippen molar-refractivity contribution in [1.29, 1.82) is 0 Å². The van der Waals surface area contributed by atoms with Crippen LogP contribution in [-0.4, -0.2) is 13.0 Å². The van der Waals surface area contributed by atoms with Crippen molar-refractivity contribution in [2.45, 2.75) is 6.42 Å².